The predicted octanol–water partition coefficient (Wildman–Crippen LogP) is 1.13. The van der Waals surface area contributed by atoms with Gasteiger partial charge in [-0.05, 0) is 25.9 Å². The molecule has 0 saturated carbocycles. The van der Waals surface area contributed by atoms with Crippen LogP contribution >= 0.6 is 11.3 Å². The van der Waals surface area contributed by atoms with Crippen molar-refractivity contribution < 1.29 is 5.11 Å². The molecule has 0 bridgehead atoms. The van der Waals surface area contributed by atoms with Gasteiger partial charge in [0.05, 0.1) is 17.3 Å². The van der Waals surface area contributed by atoms with Gasteiger partial charge >= 0.3 is 0 Å². The molecular weight excluding hydrogens is 196 g/mol. The molecule has 2 heterocycles. The second kappa shape index (κ2) is 4.38. The predicted molar refractivity (Wildman–Crippen MR) is 57.3 cm³/mol. The van der Waals surface area contributed by atoms with E-state index < -0.39 is 0 Å². The number of hydrogen-bond acceptors (Lipinski definition) is 4. The van der Waals surface area contributed by atoms with Crippen molar-refractivity contribution in [2.75, 3.05) is 20.1 Å². The van der Waals surface area contributed by atoms with Gasteiger partial charge in [0.1, 0.15) is 0 Å². The molecule has 2 rings (SSSR count). The summed E-state index contributed by atoms with van der Waals surface area (Å²) in [6.07, 6.45) is 2.36. The first kappa shape index (κ1) is 10.1. The van der Waals surface area contributed by atoms with Gasteiger partial charge in [-0.3, -0.25) is 0 Å². The van der Waals surface area contributed by atoms with Gasteiger partial charge in [-0.1, -0.05) is 0 Å². The number of rotatable bonds is 3. The van der Waals surface area contributed by atoms with Crippen LogP contribution < -0.4 is 0 Å². The van der Waals surface area contributed by atoms with E-state index in [4.69, 9.17) is 5.11 Å². The zero-order valence-electron chi connectivity index (χ0n) is 8.44. The fraction of sp³-hybridized carbons (Fsp3) is 0.700. The number of aromatic nitrogens is 1. The minimum absolute atomic E-state index is 0.0705. The van der Waals surface area contributed by atoms with Gasteiger partial charge in [0.15, 0.2) is 0 Å². The number of aliphatic hydroxyl groups excluding tert-OH is 1. The number of aliphatic hydroxyl groups is 1. The van der Waals surface area contributed by atoms with Crippen molar-refractivity contribution in [1.29, 1.82) is 0 Å². The van der Waals surface area contributed by atoms with E-state index in [0.29, 0.717) is 0 Å². The number of nitrogens with zero attached hydrogens (tertiary/aromatic N) is 2. The Bertz CT molecular complexity index is 300. The van der Waals surface area contributed by atoms with Gasteiger partial charge in [0.2, 0.25) is 0 Å². The summed E-state index contributed by atoms with van der Waals surface area (Å²) in [5.41, 5.74) is 0.816. The van der Waals surface area contributed by atoms with Crippen LogP contribution in [0.1, 0.15) is 17.1 Å². The van der Waals surface area contributed by atoms with Crippen molar-refractivity contribution in [2.45, 2.75) is 19.4 Å². The summed E-state index contributed by atoms with van der Waals surface area (Å²) in [6, 6.07) is 0. The van der Waals surface area contributed by atoms with Crippen molar-refractivity contribution in [1.82, 2.24) is 9.88 Å². The molecule has 78 valence electrons. The monoisotopic (exact) mass is 212 g/mol. The maximum Gasteiger partial charge on any atom is 0.0932 e. The third-order valence-corrected chi connectivity index (χ3v) is 3.63. The van der Waals surface area contributed by atoms with Crippen molar-refractivity contribution in [2.24, 2.45) is 5.92 Å². The molecule has 14 heavy (non-hydrogen) atoms. The minimum atomic E-state index is 0.0705. The molecule has 1 aliphatic rings. The van der Waals surface area contributed by atoms with E-state index in [1.54, 1.807) is 11.3 Å². The molecule has 0 radical (unpaired) electrons. The fourth-order valence-electron chi connectivity index (χ4n) is 1.96. The first-order valence-corrected chi connectivity index (χ1v) is 5.88. The van der Waals surface area contributed by atoms with E-state index in [1.165, 1.54) is 24.5 Å². The van der Waals surface area contributed by atoms with Gasteiger partial charge in [0, 0.05) is 18.3 Å². The molecule has 0 amide bonds. The molecule has 1 atom stereocenters. The highest BCUT2D eigenvalue weighted by molar-refractivity contribution is 7.09. The van der Waals surface area contributed by atoms with Gasteiger partial charge in [-0.15, -0.1) is 11.3 Å². The average molecular weight is 212 g/mol. The van der Waals surface area contributed by atoms with Crippen molar-refractivity contribution >= 4 is 11.3 Å². The summed E-state index contributed by atoms with van der Waals surface area (Å²) >= 11 is 1.67. The highest BCUT2D eigenvalue weighted by Gasteiger charge is 2.20. The van der Waals surface area contributed by atoms with Crippen molar-refractivity contribution in [3.8, 4) is 0 Å². The summed E-state index contributed by atoms with van der Waals surface area (Å²) in [4.78, 5) is 6.73. The summed E-state index contributed by atoms with van der Waals surface area (Å²) in [5.74, 6) is 0.762. The molecule has 1 saturated heterocycles. The molecule has 1 unspecified atom stereocenters. The Morgan fingerprint density at radius 2 is 2.57 bits per heavy atom. The van der Waals surface area contributed by atoms with Crippen LogP contribution in [0.15, 0.2) is 5.38 Å². The van der Waals surface area contributed by atoms with Crippen molar-refractivity contribution in [3.05, 3.63) is 16.1 Å². The van der Waals surface area contributed by atoms with Crippen LogP contribution in [0.25, 0.3) is 0 Å². The number of thiazole rings is 1. The molecule has 1 fully saturated rings. The van der Waals surface area contributed by atoms with E-state index in [1.807, 2.05) is 5.38 Å². The lowest BCUT2D eigenvalue weighted by molar-refractivity contribution is 0.277. The Balaban J connectivity index is 1.90. The van der Waals surface area contributed by atoms with Crippen LogP contribution in [0.5, 0.6) is 0 Å². The van der Waals surface area contributed by atoms with Gasteiger partial charge in [0.25, 0.3) is 0 Å². The molecule has 1 N–H and O–H groups in total. The fourth-order valence-corrected chi connectivity index (χ4v) is 2.86. The molecule has 4 heteroatoms. The van der Waals surface area contributed by atoms with Crippen LogP contribution in [-0.4, -0.2) is 35.1 Å². The maximum absolute atomic E-state index is 8.89. The molecule has 0 spiro atoms. The molecule has 1 aromatic rings. The molecule has 1 aliphatic heterocycles. The lowest BCUT2D eigenvalue weighted by Gasteiger charge is -2.07. The number of hydrogen-bond donors (Lipinski definition) is 1. The van der Waals surface area contributed by atoms with Crippen molar-refractivity contribution in [3.63, 3.8) is 0 Å². The van der Waals surface area contributed by atoms with Crippen LogP contribution in [0.2, 0.25) is 0 Å². The standard InChI is InChI=1S/C10H16N2OS/c1-12-3-2-8(5-12)4-10-11-9(6-13)7-14-10/h7-8,13H,2-6H2,1H3. The third kappa shape index (κ3) is 2.32. The average Bonchev–Trinajstić information content (AvgIpc) is 2.76. The summed E-state index contributed by atoms with van der Waals surface area (Å²) in [6.45, 7) is 2.47. The Hall–Kier alpha value is -0.450. The lowest BCUT2D eigenvalue weighted by Crippen LogP contribution is -2.14. The van der Waals surface area contributed by atoms with Crippen LogP contribution in [0, 0.1) is 5.92 Å². The van der Waals surface area contributed by atoms with Gasteiger partial charge in [-0.25, -0.2) is 4.98 Å². The van der Waals surface area contributed by atoms with Crippen LogP contribution in [-0.2, 0) is 13.0 Å². The van der Waals surface area contributed by atoms with E-state index in [9.17, 15) is 0 Å². The normalized spacial score (nSPS) is 23.1. The summed E-state index contributed by atoms with van der Waals surface area (Å²) in [7, 11) is 2.17. The molecule has 0 aromatic carbocycles. The molecular formula is C10H16N2OS. The SMILES string of the molecule is CN1CCC(Cc2nc(CO)cs2)C1. The smallest absolute Gasteiger partial charge is 0.0932 e. The van der Waals surface area contributed by atoms with Crippen LogP contribution in [0.4, 0.5) is 0 Å². The second-order valence-corrected chi connectivity index (χ2v) is 4.95. The van der Waals surface area contributed by atoms with E-state index in [0.717, 1.165) is 18.0 Å². The highest BCUT2D eigenvalue weighted by atomic mass is 32.1. The quantitative estimate of drug-likeness (QED) is 0.816. The summed E-state index contributed by atoms with van der Waals surface area (Å²) < 4.78 is 0. The van der Waals surface area contributed by atoms with Crippen LogP contribution in [0.3, 0.4) is 0 Å². The second-order valence-electron chi connectivity index (χ2n) is 4.01. The first-order valence-electron chi connectivity index (χ1n) is 5.00. The largest absolute Gasteiger partial charge is 0.390 e. The Labute approximate surface area is 88.4 Å². The molecule has 0 aliphatic carbocycles. The number of likely N-dealkylation sites (tertiary alicyclic amines) is 1. The molecule has 1 aromatic heterocycles. The third-order valence-electron chi connectivity index (χ3n) is 2.71. The maximum atomic E-state index is 8.89. The Kier molecular flexibility index (Phi) is 3.15. The lowest BCUT2D eigenvalue weighted by atomic mass is 10.1. The zero-order valence-corrected chi connectivity index (χ0v) is 9.26. The van der Waals surface area contributed by atoms with E-state index in [-0.39, 0.29) is 6.61 Å². The highest BCUT2D eigenvalue weighted by Crippen LogP contribution is 2.21. The van der Waals surface area contributed by atoms with Gasteiger partial charge < -0.3 is 10.0 Å². The van der Waals surface area contributed by atoms with E-state index >= 15 is 0 Å². The Morgan fingerprint density at radius 3 is 3.14 bits per heavy atom. The summed E-state index contributed by atoms with van der Waals surface area (Å²) in [5, 5.41) is 12.0. The Morgan fingerprint density at radius 1 is 1.71 bits per heavy atom. The van der Waals surface area contributed by atoms with E-state index in [2.05, 4.69) is 16.9 Å². The zero-order chi connectivity index (χ0) is 9.97. The molecule has 3 nitrogen and oxygen atoms in total. The minimum Gasteiger partial charge on any atom is -0.390 e. The van der Waals surface area contributed by atoms with Gasteiger partial charge in [-0.2, -0.15) is 0 Å². The first-order chi connectivity index (χ1) is 6.78. The topological polar surface area (TPSA) is 36.4 Å².